The number of nitrogens with zero attached hydrogens (tertiary/aromatic N) is 1. The fourth-order valence-corrected chi connectivity index (χ4v) is 12.4. The maximum absolute atomic E-state index is 5.58. The van der Waals surface area contributed by atoms with E-state index in [2.05, 4.69) is 189 Å². The summed E-state index contributed by atoms with van der Waals surface area (Å²) in [6, 6.07) is 60.0. The van der Waals surface area contributed by atoms with Crippen molar-refractivity contribution >= 4 is 117 Å². The Kier molecular flexibility index (Phi) is 7.76. The minimum Gasteiger partial charge on any atom is -0.272 e. The van der Waals surface area contributed by atoms with Gasteiger partial charge in [0.15, 0.2) is 0 Å². The lowest BCUT2D eigenvalue weighted by Gasteiger charge is -2.19. The Morgan fingerprint density at radius 2 is 1.14 bits per heavy atom. The molecule has 0 fully saturated rings. The molecule has 12 rings (SSSR count). The molecule has 0 amide bonds. The third-order valence-electron chi connectivity index (χ3n) is 11.7. The first-order valence-corrected chi connectivity index (χ1v) is 22.1. The zero-order valence-corrected chi connectivity index (χ0v) is 33.9. The minimum absolute atomic E-state index is 0.186. The number of thiophene rings is 3. The summed E-state index contributed by atoms with van der Waals surface area (Å²) in [4.78, 5) is 5.58. The lowest BCUT2D eigenvalue weighted by Crippen LogP contribution is -2.06. The molecule has 4 heterocycles. The Hall–Kier alpha value is -6.39. The molecule has 1 aliphatic rings. The molecule has 0 saturated heterocycles. The van der Waals surface area contributed by atoms with Crippen molar-refractivity contribution in [2.75, 3.05) is 0 Å². The number of rotatable bonds is 4. The van der Waals surface area contributed by atoms with Crippen molar-refractivity contribution < 1.29 is 0 Å². The van der Waals surface area contributed by atoms with Gasteiger partial charge < -0.3 is 0 Å². The second kappa shape index (κ2) is 13.3. The Labute approximate surface area is 347 Å². The van der Waals surface area contributed by atoms with Gasteiger partial charge in [-0.3, -0.25) is 4.99 Å². The molecule has 0 spiro atoms. The second-order valence-corrected chi connectivity index (χ2v) is 18.4. The molecular weight excluding hydrogens is 759 g/mol. The molecule has 1 nitrogen and oxygen atoms in total. The van der Waals surface area contributed by atoms with Gasteiger partial charge in [0.25, 0.3) is 0 Å². The van der Waals surface area contributed by atoms with E-state index in [1.54, 1.807) is 0 Å². The van der Waals surface area contributed by atoms with Crippen LogP contribution in [0.4, 0.5) is 0 Å². The van der Waals surface area contributed by atoms with Gasteiger partial charge in [0.2, 0.25) is 0 Å². The first-order valence-electron chi connectivity index (χ1n) is 19.6. The first kappa shape index (κ1) is 33.7. The number of fused-ring (bicyclic) bond motifs is 11. The Morgan fingerprint density at radius 1 is 0.466 bits per heavy atom. The predicted molar refractivity (Wildman–Crippen MR) is 255 cm³/mol. The Balaban J connectivity index is 1.03. The van der Waals surface area contributed by atoms with Gasteiger partial charge in [-0.1, -0.05) is 121 Å². The highest BCUT2D eigenvalue weighted by molar-refractivity contribution is 7.27. The van der Waals surface area contributed by atoms with Crippen LogP contribution in [0.25, 0.3) is 88.0 Å². The Morgan fingerprint density at radius 3 is 1.98 bits per heavy atom. The number of aliphatic imine (C=N–C) groups is 1. The molecule has 0 bridgehead atoms. The van der Waals surface area contributed by atoms with Crippen molar-refractivity contribution in [2.24, 2.45) is 4.99 Å². The molecule has 3 aromatic heterocycles. The molecule has 8 aromatic carbocycles. The van der Waals surface area contributed by atoms with Crippen LogP contribution in [0.2, 0.25) is 0 Å². The zero-order valence-electron chi connectivity index (χ0n) is 31.5. The summed E-state index contributed by atoms with van der Waals surface area (Å²) in [6.45, 7) is 2.24. The van der Waals surface area contributed by atoms with Crippen LogP contribution in [0.5, 0.6) is 0 Å². The molecule has 4 heteroatoms. The van der Waals surface area contributed by atoms with Crippen molar-refractivity contribution in [3.05, 3.63) is 204 Å². The van der Waals surface area contributed by atoms with Crippen LogP contribution in [-0.4, -0.2) is 5.71 Å². The standard InChI is InChI=1S/C54H33NS3/c1-32-28-34(35-24-27-49-44(29-35)38-15-7-9-19-47(38)56-49)23-26-46(33-12-3-2-4-13-33)55-53(32)42-18-11-21-50-52(42)41-25-22-36(30-51(41)57-50)43-31-45-39-16-8-10-20-48(39)58-54(45)40-17-6-5-14-37(40)43/h2-22,24-31,53H,1H3/b32-28+,55-46+. The van der Waals surface area contributed by atoms with Gasteiger partial charge in [-0.15, -0.1) is 39.7 Å². The number of allylic oxidation sites excluding steroid dienone is 2. The number of benzene rings is 8. The topological polar surface area (TPSA) is 12.4 Å². The fourth-order valence-electron chi connectivity index (χ4n) is 8.95. The first-order chi connectivity index (χ1) is 28.6. The van der Waals surface area contributed by atoms with Gasteiger partial charge in [0.1, 0.15) is 0 Å². The average Bonchev–Trinajstić information content (AvgIpc) is 3.96. The summed E-state index contributed by atoms with van der Waals surface area (Å²) >= 11 is 5.63. The normalized spacial score (nSPS) is 16.6. The van der Waals surface area contributed by atoms with Gasteiger partial charge in [0, 0.05) is 83.1 Å². The van der Waals surface area contributed by atoms with Crippen molar-refractivity contribution in [3.8, 4) is 11.1 Å². The van der Waals surface area contributed by atoms with Crippen LogP contribution in [0.3, 0.4) is 0 Å². The second-order valence-electron chi connectivity index (χ2n) is 15.2. The molecule has 0 radical (unpaired) electrons. The van der Waals surface area contributed by atoms with E-state index in [0.29, 0.717) is 0 Å². The van der Waals surface area contributed by atoms with Crippen molar-refractivity contribution in [2.45, 2.75) is 13.0 Å². The smallest absolute Gasteiger partial charge is 0.0974 e. The maximum Gasteiger partial charge on any atom is 0.0974 e. The lowest BCUT2D eigenvalue weighted by molar-refractivity contribution is 0.858. The van der Waals surface area contributed by atoms with E-state index >= 15 is 0 Å². The summed E-state index contributed by atoms with van der Waals surface area (Å²) in [6.07, 6.45) is 4.40. The predicted octanol–water partition coefficient (Wildman–Crippen LogP) is 16.3. The van der Waals surface area contributed by atoms with E-state index in [0.717, 1.165) is 22.4 Å². The summed E-state index contributed by atoms with van der Waals surface area (Å²) in [5.41, 5.74) is 12.9. The van der Waals surface area contributed by atoms with Crippen LogP contribution in [0.15, 0.2) is 192 Å². The average molecular weight is 792 g/mol. The lowest BCUT2D eigenvalue weighted by atomic mass is 9.91. The molecule has 1 atom stereocenters. The van der Waals surface area contributed by atoms with Gasteiger partial charge >= 0.3 is 0 Å². The van der Waals surface area contributed by atoms with E-state index in [9.17, 15) is 0 Å². The zero-order chi connectivity index (χ0) is 38.3. The van der Waals surface area contributed by atoms with Crippen molar-refractivity contribution in [1.82, 2.24) is 0 Å². The van der Waals surface area contributed by atoms with E-state index in [-0.39, 0.29) is 6.04 Å². The Bertz CT molecular complexity index is 3620. The van der Waals surface area contributed by atoms with Gasteiger partial charge in [-0.2, -0.15) is 0 Å². The summed E-state index contributed by atoms with van der Waals surface area (Å²) in [5, 5.41) is 10.4. The number of hydrogen-bond acceptors (Lipinski definition) is 4. The van der Waals surface area contributed by atoms with Crippen LogP contribution in [0, 0.1) is 0 Å². The molecule has 1 aliphatic heterocycles. The largest absolute Gasteiger partial charge is 0.272 e. The number of hydrogen-bond donors (Lipinski definition) is 0. The van der Waals surface area contributed by atoms with E-state index in [1.807, 2.05) is 34.0 Å². The summed E-state index contributed by atoms with van der Waals surface area (Å²) in [7, 11) is 0. The van der Waals surface area contributed by atoms with E-state index in [4.69, 9.17) is 4.99 Å². The van der Waals surface area contributed by atoms with Crippen LogP contribution in [-0.2, 0) is 0 Å². The van der Waals surface area contributed by atoms with Gasteiger partial charge in [-0.25, -0.2) is 0 Å². The fraction of sp³-hybridized carbons (Fsp3) is 0.0370. The molecular formula is C54H33NS3. The maximum atomic E-state index is 5.58. The molecule has 0 N–H and O–H groups in total. The summed E-state index contributed by atoms with van der Waals surface area (Å²) < 4.78 is 7.88. The highest BCUT2D eigenvalue weighted by Crippen LogP contribution is 2.46. The molecule has 272 valence electrons. The highest BCUT2D eigenvalue weighted by Gasteiger charge is 2.22. The monoisotopic (exact) mass is 791 g/mol. The molecule has 58 heavy (non-hydrogen) atoms. The SMILES string of the molecule is C/C1=C\C(c2ccc3sc4ccccc4c3c2)=C=C/C(c2ccccc2)=N\C1c1cccc2sc3cc(-c4cc5c6ccccc6sc5c5ccccc45)ccc3c12. The summed E-state index contributed by atoms with van der Waals surface area (Å²) in [5.74, 6) is 0. The van der Waals surface area contributed by atoms with Crippen molar-refractivity contribution in [3.63, 3.8) is 0 Å². The third-order valence-corrected chi connectivity index (χ3v) is 15.2. The van der Waals surface area contributed by atoms with E-state index < -0.39 is 0 Å². The highest BCUT2D eigenvalue weighted by atomic mass is 32.1. The van der Waals surface area contributed by atoms with Gasteiger partial charge in [-0.05, 0) is 88.7 Å². The molecule has 1 unspecified atom stereocenters. The quantitative estimate of drug-likeness (QED) is 0.157. The van der Waals surface area contributed by atoms with Crippen LogP contribution in [0.1, 0.15) is 29.7 Å². The molecule has 11 aromatic rings. The molecule has 0 saturated carbocycles. The van der Waals surface area contributed by atoms with Crippen molar-refractivity contribution in [1.29, 1.82) is 0 Å². The molecule has 0 aliphatic carbocycles. The van der Waals surface area contributed by atoms with Crippen LogP contribution < -0.4 is 0 Å². The minimum atomic E-state index is -0.186. The van der Waals surface area contributed by atoms with Crippen LogP contribution >= 0.6 is 34.0 Å². The third kappa shape index (κ3) is 5.38. The van der Waals surface area contributed by atoms with Gasteiger partial charge in [0.05, 0.1) is 11.8 Å². The van der Waals surface area contributed by atoms with E-state index in [1.165, 1.54) is 93.6 Å².